The molecule has 0 spiro atoms. The molecule has 0 aromatic heterocycles. The Balaban J connectivity index is 2.61. The minimum absolute atomic E-state index is 0.704. The molecule has 0 amide bonds. The lowest BCUT2D eigenvalue weighted by Gasteiger charge is -2.27. The third kappa shape index (κ3) is 2.34. The molecule has 0 heterocycles. The highest BCUT2D eigenvalue weighted by Gasteiger charge is 2.45. The molecule has 1 aromatic rings. The van der Waals surface area contributed by atoms with E-state index in [1.807, 2.05) is 25.3 Å². The zero-order chi connectivity index (χ0) is 14.0. The highest BCUT2D eigenvalue weighted by Crippen LogP contribution is 2.46. The molecule has 1 aliphatic rings. The van der Waals surface area contributed by atoms with Crippen LogP contribution in [0.1, 0.15) is 36.8 Å². The van der Waals surface area contributed by atoms with Crippen LogP contribution in [0.4, 0.5) is 0 Å². The summed E-state index contributed by atoms with van der Waals surface area (Å²) in [6.07, 6.45) is 5.36. The molecule has 0 aliphatic heterocycles. The molecule has 0 unspecified atom stereocenters. The van der Waals surface area contributed by atoms with Crippen LogP contribution in [0.5, 0.6) is 5.75 Å². The monoisotopic (exact) mass is 280 g/mol. The number of hydrogen-bond acceptors (Lipinski definition) is 3. The van der Waals surface area contributed by atoms with Crippen LogP contribution >= 0.6 is 11.8 Å². The zero-order valence-electron chi connectivity index (χ0n) is 11.7. The van der Waals surface area contributed by atoms with Gasteiger partial charge in [-0.2, -0.15) is 0 Å². The molecule has 1 aromatic carbocycles. The standard InChI is InChI=1S/C15H20O3S/c1-10-8-12(18-2)11(9-13(10)19-3)15(14(16)17)6-4-5-7-15/h8-9H,4-7H2,1-3H3,(H,16,17). The Labute approximate surface area is 118 Å². The fourth-order valence-electron chi connectivity index (χ4n) is 3.00. The molecule has 1 N–H and O–H groups in total. The quantitative estimate of drug-likeness (QED) is 0.856. The number of thioether (sulfide) groups is 1. The second kappa shape index (κ2) is 5.45. The molecule has 0 radical (unpaired) electrons. The van der Waals surface area contributed by atoms with Crippen molar-refractivity contribution in [2.45, 2.75) is 42.9 Å². The molecular formula is C15H20O3S. The zero-order valence-corrected chi connectivity index (χ0v) is 12.5. The Kier molecular flexibility index (Phi) is 4.09. The van der Waals surface area contributed by atoms with Crippen molar-refractivity contribution >= 4 is 17.7 Å². The first-order valence-electron chi connectivity index (χ1n) is 6.51. The summed E-state index contributed by atoms with van der Waals surface area (Å²) in [5.74, 6) is -0.0150. The number of hydrogen-bond donors (Lipinski definition) is 1. The van der Waals surface area contributed by atoms with Gasteiger partial charge < -0.3 is 9.84 Å². The molecule has 1 aliphatic carbocycles. The lowest BCUT2D eigenvalue weighted by molar-refractivity contribution is -0.143. The Morgan fingerprint density at radius 2 is 2.00 bits per heavy atom. The van der Waals surface area contributed by atoms with E-state index in [1.165, 1.54) is 0 Å². The van der Waals surface area contributed by atoms with E-state index in [0.717, 1.165) is 28.9 Å². The van der Waals surface area contributed by atoms with Gasteiger partial charge in [-0.15, -0.1) is 11.8 Å². The molecule has 3 nitrogen and oxygen atoms in total. The summed E-state index contributed by atoms with van der Waals surface area (Å²) >= 11 is 1.65. The summed E-state index contributed by atoms with van der Waals surface area (Å²) in [6, 6.07) is 3.97. The summed E-state index contributed by atoms with van der Waals surface area (Å²) in [7, 11) is 1.61. The largest absolute Gasteiger partial charge is 0.496 e. The van der Waals surface area contributed by atoms with Crippen LogP contribution in [0.3, 0.4) is 0 Å². The molecule has 1 fully saturated rings. The third-order valence-corrected chi connectivity index (χ3v) is 4.98. The molecular weight excluding hydrogens is 260 g/mol. The fourth-order valence-corrected chi connectivity index (χ4v) is 3.62. The van der Waals surface area contributed by atoms with Crippen LogP contribution < -0.4 is 4.74 Å². The van der Waals surface area contributed by atoms with Gasteiger partial charge in [-0.05, 0) is 43.7 Å². The maximum atomic E-state index is 11.8. The predicted molar refractivity (Wildman–Crippen MR) is 77.3 cm³/mol. The second-order valence-corrected chi connectivity index (χ2v) is 5.96. The number of aliphatic carboxylic acids is 1. The first-order valence-corrected chi connectivity index (χ1v) is 7.74. The molecule has 104 valence electrons. The van der Waals surface area contributed by atoms with Gasteiger partial charge in [-0.3, -0.25) is 4.79 Å². The van der Waals surface area contributed by atoms with Crippen LogP contribution in [0, 0.1) is 6.92 Å². The number of carboxylic acids is 1. The van der Waals surface area contributed by atoms with Gasteiger partial charge in [0.05, 0.1) is 12.5 Å². The Hall–Kier alpha value is -1.16. The molecule has 0 saturated heterocycles. The Morgan fingerprint density at radius 1 is 1.37 bits per heavy atom. The van der Waals surface area contributed by atoms with Gasteiger partial charge in [-0.25, -0.2) is 0 Å². The number of methoxy groups -OCH3 is 1. The predicted octanol–water partition coefficient (Wildman–Crippen LogP) is 3.62. The number of benzene rings is 1. The van der Waals surface area contributed by atoms with Crippen LogP contribution in [0.2, 0.25) is 0 Å². The SMILES string of the molecule is COc1cc(C)c(SC)cc1C1(C(=O)O)CCCC1. The topological polar surface area (TPSA) is 46.5 Å². The van der Waals surface area contributed by atoms with Gasteiger partial charge in [0.15, 0.2) is 0 Å². The van der Waals surface area contributed by atoms with E-state index < -0.39 is 11.4 Å². The highest BCUT2D eigenvalue weighted by atomic mass is 32.2. The number of carboxylic acid groups (broad SMARTS) is 1. The number of rotatable bonds is 4. The highest BCUT2D eigenvalue weighted by molar-refractivity contribution is 7.98. The van der Waals surface area contributed by atoms with Crippen molar-refractivity contribution in [3.05, 3.63) is 23.3 Å². The van der Waals surface area contributed by atoms with Gasteiger partial charge in [0.2, 0.25) is 0 Å². The van der Waals surface area contributed by atoms with Crippen molar-refractivity contribution < 1.29 is 14.6 Å². The molecule has 0 atom stereocenters. The van der Waals surface area contributed by atoms with E-state index in [2.05, 4.69) is 0 Å². The first-order chi connectivity index (χ1) is 9.05. The Bertz CT molecular complexity index is 490. The lowest BCUT2D eigenvalue weighted by atomic mass is 9.78. The fraction of sp³-hybridized carbons (Fsp3) is 0.533. The summed E-state index contributed by atoms with van der Waals surface area (Å²) in [5, 5.41) is 9.71. The number of carbonyl (C=O) groups is 1. The maximum Gasteiger partial charge on any atom is 0.314 e. The molecule has 19 heavy (non-hydrogen) atoms. The summed E-state index contributed by atoms with van der Waals surface area (Å²) in [5.41, 5.74) is 1.21. The van der Waals surface area contributed by atoms with E-state index in [0.29, 0.717) is 18.6 Å². The van der Waals surface area contributed by atoms with Crippen molar-refractivity contribution in [2.75, 3.05) is 13.4 Å². The van der Waals surface area contributed by atoms with Crippen LogP contribution in [0.25, 0.3) is 0 Å². The van der Waals surface area contributed by atoms with Crippen molar-refractivity contribution in [3.63, 3.8) is 0 Å². The van der Waals surface area contributed by atoms with Gasteiger partial charge in [-0.1, -0.05) is 12.8 Å². The summed E-state index contributed by atoms with van der Waals surface area (Å²) in [4.78, 5) is 12.9. The molecule has 2 rings (SSSR count). The second-order valence-electron chi connectivity index (χ2n) is 5.12. The average molecular weight is 280 g/mol. The van der Waals surface area contributed by atoms with Crippen LogP contribution in [-0.4, -0.2) is 24.4 Å². The number of ether oxygens (including phenoxy) is 1. The van der Waals surface area contributed by atoms with Crippen molar-refractivity contribution in [3.8, 4) is 5.75 Å². The average Bonchev–Trinajstić information content (AvgIpc) is 2.88. The molecule has 0 bridgehead atoms. The lowest BCUT2D eigenvalue weighted by Crippen LogP contribution is -2.33. The first kappa shape index (κ1) is 14.3. The van der Waals surface area contributed by atoms with E-state index >= 15 is 0 Å². The minimum Gasteiger partial charge on any atom is -0.496 e. The maximum absolute atomic E-state index is 11.8. The van der Waals surface area contributed by atoms with Crippen molar-refractivity contribution in [1.82, 2.24) is 0 Å². The van der Waals surface area contributed by atoms with Crippen molar-refractivity contribution in [1.29, 1.82) is 0 Å². The van der Waals surface area contributed by atoms with Gasteiger partial charge in [0, 0.05) is 10.5 Å². The molecule has 1 saturated carbocycles. The molecule has 4 heteroatoms. The minimum atomic E-state index is -0.760. The summed E-state index contributed by atoms with van der Waals surface area (Å²) < 4.78 is 5.44. The summed E-state index contributed by atoms with van der Waals surface area (Å²) in [6.45, 7) is 2.03. The van der Waals surface area contributed by atoms with Gasteiger partial charge in [0.1, 0.15) is 5.75 Å². The van der Waals surface area contributed by atoms with Gasteiger partial charge >= 0.3 is 5.97 Å². The smallest absolute Gasteiger partial charge is 0.314 e. The number of aryl methyl sites for hydroxylation is 1. The van der Waals surface area contributed by atoms with Crippen LogP contribution in [-0.2, 0) is 10.2 Å². The normalized spacial score (nSPS) is 17.4. The van der Waals surface area contributed by atoms with E-state index in [9.17, 15) is 9.90 Å². The van der Waals surface area contributed by atoms with E-state index in [4.69, 9.17) is 4.74 Å². The van der Waals surface area contributed by atoms with Gasteiger partial charge in [0.25, 0.3) is 0 Å². The van der Waals surface area contributed by atoms with Crippen molar-refractivity contribution in [2.24, 2.45) is 0 Å². The Morgan fingerprint density at radius 3 is 2.47 bits per heavy atom. The van der Waals surface area contributed by atoms with Crippen LogP contribution in [0.15, 0.2) is 17.0 Å². The van der Waals surface area contributed by atoms with E-state index in [-0.39, 0.29) is 0 Å². The third-order valence-electron chi connectivity index (χ3n) is 4.10. The van der Waals surface area contributed by atoms with E-state index in [1.54, 1.807) is 18.9 Å².